The van der Waals surface area contributed by atoms with Crippen molar-refractivity contribution in [2.45, 2.75) is 6.54 Å². The molecule has 0 atom stereocenters. The largest absolute Gasteiger partial charge is 0.497 e. The number of aromatic nitrogens is 2. The summed E-state index contributed by atoms with van der Waals surface area (Å²) in [7, 11) is 3.19. The number of methoxy groups -OCH3 is 2. The monoisotopic (exact) mass is 382 g/mol. The maximum Gasteiger partial charge on any atom is 0.266 e. The highest BCUT2D eigenvalue weighted by Crippen LogP contribution is 2.28. The first-order valence-corrected chi connectivity index (χ1v) is 9.35. The minimum absolute atomic E-state index is 0.100. The first kappa shape index (κ1) is 18.5. The fourth-order valence-corrected chi connectivity index (χ4v) is 3.58. The van der Waals surface area contributed by atoms with Crippen molar-refractivity contribution in [3.63, 3.8) is 0 Å². The predicted molar refractivity (Wildman–Crippen MR) is 106 cm³/mol. The van der Waals surface area contributed by atoms with E-state index < -0.39 is 0 Å². The van der Waals surface area contributed by atoms with Crippen molar-refractivity contribution < 1.29 is 19.1 Å². The maximum atomic E-state index is 13.4. The quantitative estimate of drug-likeness (QED) is 0.708. The van der Waals surface area contributed by atoms with E-state index in [-0.39, 0.29) is 5.56 Å². The van der Waals surface area contributed by atoms with Gasteiger partial charge in [0.25, 0.3) is 5.56 Å². The number of para-hydroxylation sites is 1. The second-order valence-electron chi connectivity index (χ2n) is 6.76. The lowest BCUT2D eigenvalue weighted by molar-refractivity contribution is -0.922. The SMILES string of the molecule is COc1ccc(-n2c(C[NH+]3CCOCC3)nc3ccccc3c2=O)c(OC)c1. The van der Waals surface area contributed by atoms with Gasteiger partial charge < -0.3 is 19.1 Å². The fourth-order valence-electron chi connectivity index (χ4n) is 3.58. The molecule has 0 aliphatic carbocycles. The van der Waals surface area contributed by atoms with Gasteiger partial charge in [0.05, 0.1) is 44.0 Å². The summed E-state index contributed by atoms with van der Waals surface area (Å²) in [5.41, 5.74) is 1.27. The summed E-state index contributed by atoms with van der Waals surface area (Å²) < 4.78 is 18.0. The van der Waals surface area contributed by atoms with Gasteiger partial charge in [-0.05, 0) is 24.3 Å². The van der Waals surface area contributed by atoms with Crippen LogP contribution in [0.2, 0.25) is 0 Å². The third kappa shape index (κ3) is 3.46. The minimum atomic E-state index is -0.100. The Kier molecular flexibility index (Phi) is 5.27. The van der Waals surface area contributed by atoms with Crippen LogP contribution >= 0.6 is 0 Å². The molecule has 0 saturated carbocycles. The molecule has 0 bridgehead atoms. The van der Waals surface area contributed by atoms with E-state index in [0.717, 1.165) is 26.3 Å². The number of fused-ring (bicyclic) bond motifs is 1. The summed E-state index contributed by atoms with van der Waals surface area (Å²) in [5.74, 6) is 1.95. The van der Waals surface area contributed by atoms with Crippen LogP contribution in [0, 0.1) is 0 Å². The third-order valence-corrected chi connectivity index (χ3v) is 5.08. The van der Waals surface area contributed by atoms with Crippen LogP contribution in [0.25, 0.3) is 16.6 Å². The molecule has 1 aliphatic rings. The number of ether oxygens (including phenoxy) is 3. The molecule has 7 nitrogen and oxygen atoms in total. The highest BCUT2D eigenvalue weighted by molar-refractivity contribution is 5.78. The number of hydrogen-bond acceptors (Lipinski definition) is 5. The molecule has 0 amide bonds. The van der Waals surface area contributed by atoms with E-state index in [1.54, 1.807) is 24.9 Å². The third-order valence-electron chi connectivity index (χ3n) is 5.08. The number of hydrogen-bond donors (Lipinski definition) is 1. The highest BCUT2D eigenvalue weighted by atomic mass is 16.5. The van der Waals surface area contributed by atoms with Crippen molar-refractivity contribution in [3.05, 3.63) is 58.6 Å². The predicted octanol–water partition coefficient (Wildman–Crippen LogP) is 0.818. The van der Waals surface area contributed by atoms with E-state index in [0.29, 0.717) is 40.5 Å². The lowest BCUT2D eigenvalue weighted by atomic mass is 10.2. The topological polar surface area (TPSA) is 67.0 Å². The Hall–Kier alpha value is -2.90. The summed E-state index contributed by atoms with van der Waals surface area (Å²) in [6, 6.07) is 12.9. The molecule has 7 heteroatoms. The smallest absolute Gasteiger partial charge is 0.266 e. The molecule has 2 aromatic carbocycles. The molecule has 1 fully saturated rings. The molecule has 1 aromatic heterocycles. The number of quaternary nitrogens is 1. The lowest BCUT2D eigenvalue weighted by Crippen LogP contribution is -3.13. The zero-order valence-electron chi connectivity index (χ0n) is 16.1. The lowest BCUT2D eigenvalue weighted by Gasteiger charge is -2.25. The van der Waals surface area contributed by atoms with Crippen LogP contribution in [0.3, 0.4) is 0 Å². The van der Waals surface area contributed by atoms with Crippen molar-refractivity contribution >= 4 is 10.9 Å². The zero-order valence-corrected chi connectivity index (χ0v) is 16.1. The summed E-state index contributed by atoms with van der Waals surface area (Å²) in [5, 5.41) is 0.584. The molecule has 1 aliphatic heterocycles. The van der Waals surface area contributed by atoms with Crippen LogP contribution in [0.15, 0.2) is 47.3 Å². The summed E-state index contributed by atoms with van der Waals surface area (Å²) >= 11 is 0. The minimum Gasteiger partial charge on any atom is -0.497 e. The number of benzene rings is 2. The van der Waals surface area contributed by atoms with Gasteiger partial charge >= 0.3 is 0 Å². The van der Waals surface area contributed by atoms with Crippen LogP contribution in [-0.4, -0.2) is 50.1 Å². The fraction of sp³-hybridized carbons (Fsp3) is 0.333. The Morgan fingerprint density at radius 3 is 2.64 bits per heavy atom. The molecule has 0 unspecified atom stereocenters. The summed E-state index contributed by atoms with van der Waals surface area (Å²) in [6.45, 7) is 3.86. The number of nitrogens with zero attached hydrogens (tertiary/aromatic N) is 2. The van der Waals surface area contributed by atoms with Crippen LogP contribution in [0.4, 0.5) is 0 Å². The van der Waals surface area contributed by atoms with Gasteiger partial charge in [0.1, 0.15) is 31.1 Å². The van der Waals surface area contributed by atoms with Gasteiger partial charge in [-0.25, -0.2) is 4.98 Å². The van der Waals surface area contributed by atoms with Crippen LogP contribution < -0.4 is 19.9 Å². The van der Waals surface area contributed by atoms with E-state index in [2.05, 4.69) is 0 Å². The number of rotatable bonds is 5. The summed E-state index contributed by atoms with van der Waals surface area (Å²) in [4.78, 5) is 19.6. The Morgan fingerprint density at radius 2 is 1.89 bits per heavy atom. The molecule has 4 rings (SSSR count). The van der Waals surface area contributed by atoms with Gasteiger partial charge in [-0.2, -0.15) is 0 Å². The molecular weight excluding hydrogens is 358 g/mol. The van der Waals surface area contributed by atoms with Crippen LogP contribution in [-0.2, 0) is 11.3 Å². The number of nitrogens with one attached hydrogen (secondary N) is 1. The molecule has 3 aromatic rings. The molecule has 28 heavy (non-hydrogen) atoms. The standard InChI is InChI=1S/C21H23N3O4/c1-26-15-7-8-18(19(13-15)27-2)24-20(14-23-9-11-28-12-10-23)22-17-6-4-3-5-16(17)21(24)25/h3-8,13H,9-12,14H2,1-2H3/p+1. The van der Waals surface area contributed by atoms with E-state index in [4.69, 9.17) is 19.2 Å². The van der Waals surface area contributed by atoms with Crippen molar-refractivity contribution in [1.82, 2.24) is 9.55 Å². The molecule has 1 N–H and O–H groups in total. The van der Waals surface area contributed by atoms with E-state index in [1.165, 1.54) is 4.90 Å². The molecule has 146 valence electrons. The Bertz CT molecular complexity index is 1040. The first-order valence-electron chi connectivity index (χ1n) is 9.35. The van der Waals surface area contributed by atoms with Crippen molar-refractivity contribution in [1.29, 1.82) is 0 Å². The molecule has 1 saturated heterocycles. The van der Waals surface area contributed by atoms with E-state index in [9.17, 15) is 4.79 Å². The van der Waals surface area contributed by atoms with Gasteiger partial charge in [-0.15, -0.1) is 0 Å². The summed E-state index contributed by atoms with van der Waals surface area (Å²) in [6.07, 6.45) is 0. The highest BCUT2D eigenvalue weighted by Gasteiger charge is 2.22. The van der Waals surface area contributed by atoms with Gasteiger partial charge in [-0.1, -0.05) is 12.1 Å². The molecule has 0 spiro atoms. The van der Waals surface area contributed by atoms with Crippen LogP contribution in [0.5, 0.6) is 11.5 Å². The molecule has 2 heterocycles. The Balaban J connectivity index is 1.91. The van der Waals surface area contributed by atoms with E-state index >= 15 is 0 Å². The average molecular weight is 382 g/mol. The molecule has 0 radical (unpaired) electrons. The van der Waals surface area contributed by atoms with Crippen molar-refractivity contribution in [2.75, 3.05) is 40.5 Å². The normalized spacial score (nSPS) is 14.9. The van der Waals surface area contributed by atoms with Gasteiger partial charge in [0.15, 0.2) is 5.82 Å². The van der Waals surface area contributed by atoms with Gasteiger partial charge in [0, 0.05) is 6.07 Å². The average Bonchev–Trinajstić information content (AvgIpc) is 2.74. The van der Waals surface area contributed by atoms with Gasteiger partial charge in [-0.3, -0.25) is 9.36 Å². The zero-order chi connectivity index (χ0) is 19.5. The van der Waals surface area contributed by atoms with Gasteiger partial charge in [0.2, 0.25) is 0 Å². The Labute approximate surface area is 163 Å². The number of morpholine rings is 1. The van der Waals surface area contributed by atoms with Crippen molar-refractivity contribution in [3.8, 4) is 17.2 Å². The maximum absolute atomic E-state index is 13.4. The van der Waals surface area contributed by atoms with Crippen molar-refractivity contribution in [2.24, 2.45) is 0 Å². The Morgan fingerprint density at radius 1 is 1.11 bits per heavy atom. The second-order valence-corrected chi connectivity index (χ2v) is 6.76. The van der Waals surface area contributed by atoms with Crippen LogP contribution in [0.1, 0.15) is 5.82 Å². The van der Waals surface area contributed by atoms with E-state index in [1.807, 2.05) is 36.4 Å². The first-order chi connectivity index (χ1) is 13.7. The second kappa shape index (κ2) is 8.00. The molecular formula is C21H24N3O4+.